The third-order valence-corrected chi connectivity index (χ3v) is 4.16. The van der Waals surface area contributed by atoms with Crippen molar-refractivity contribution >= 4 is 24.3 Å². The summed E-state index contributed by atoms with van der Waals surface area (Å²) in [6.45, 7) is 5.26. The summed E-state index contributed by atoms with van der Waals surface area (Å²) in [5.41, 5.74) is 6.13. The molecule has 1 amide bonds. The Labute approximate surface area is 140 Å². The maximum Gasteiger partial charge on any atom is 0.307 e. The molecule has 1 aliphatic carbocycles. The molecule has 0 aromatic carbocycles. The second-order valence-electron chi connectivity index (χ2n) is 6.47. The molecule has 1 rings (SSSR count). The van der Waals surface area contributed by atoms with Crippen molar-refractivity contribution in [3.63, 3.8) is 0 Å². The molecule has 5 nitrogen and oxygen atoms in total. The molecule has 1 fully saturated rings. The summed E-state index contributed by atoms with van der Waals surface area (Å²) in [6.07, 6.45) is 5.16. The van der Waals surface area contributed by atoms with E-state index in [1.807, 2.05) is 0 Å². The highest BCUT2D eigenvalue weighted by atomic mass is 35.5. The summed E-state index contributed by atoms with van der Waals surface area (Å²) >= 11 is 0. The first-order valence-electron chi connectivity index (χ1n) is 8.04. The Kier molecular flexibility index (Phi) is 10.4. The highest BCUT2D eigenvalue weighted by Gasteiger charge is 2.26. The Morgan fingerprint density at radius 1 is 1.27 bits per heavy atom. The molecule has 0 spiro atoms. The fourth-order valence-electron chi connectivity index (χ4n) is 2.93. The van der Waals surface area contributed by atoms with Crippen molar-refractivity contribution in [2.24, 2.45) is 17.6 Å². The van der Waals surface area contributed by atoms with Gasteiger partial charge in [-0.05, 0) is 24.7 Å². The number of carbonyl (C=O) groups is 2. The molecule has 0 aromatic heterocycles. The van der Waals surface area contributed by atoms with Gasteiger partial charge in [-0.25, -0.2) is 0 Å². The van der Waals surface area contributed by atoms with Crippen molar-refractivity contribution < 1.29 is 14.3 Å². The van der Waals surface area contributed by atoms with E-state index in [4.69, 9.17) is 5.73 Å². The van der Waals surface area contributed by atoms with Crippen LogP contribution in [0.4, 0.5) is 0 Å². The Bertz CT molecular complexity index is 350. The van der Waals surface area contributed by atoms with E-state index in [0.717, 1.165) is 19.3 Å². The van der Waals surface area contributed by atoms with E-state index < -0.39 is 0 Å². The summed E-state index contributed by atoms with van der Waals surface area (Å²) < 4.78 is 4.66. The molecule has 0 radical (unpaired) electrons. The Hall–Kier alpha value is -0.810. The Morgan fingerprint density at radius 3 is 2.45 bits per heavy atom. The van der Waals surface area contributed by atoms with Crippen LogP contribution in [-0.2, 0) is 14.3 Å². The third kappa shape index (κ3) is 7.45. The van der Waals surface area contributed by atoms with Gasteiger partial charge in [0.1, 0.15) is 0 Å². The summed E-state index contributed by atoms with van der Waals surface area (Å²) in [4.78, 5) is 25.6. The number of methoxy groups -OCH3 is 1. The van der Waals surface area contributed by atoms with Gasteiger partial charge in [0.25, 0.3) is 0 Å². The van der Waals surface area contributed by atoms with Crippen molar-refractivity contribution in [2.45, 2.75) is 58.4 Å². The zero-order chi connectivity index (χ0) is 15.8. The fourth-order valence-corrected chi connectivity index (χ4v) is 2.93. The lowest BCUT2D eigenvalue weighted by Gasteiger charge is -2.31. The number of esters is 1. The number of hydrogen-bond donors (Lipinski definition) is 1. The number of amides is 1. The minimum Gasteiger partial charge on any atom is -0.469 e. The van der Waals surface area contributed by atoms with Crippen LogP contribution in [0.2, 0.25) is 0 Å². The van der Waals surface area contributed by atoms with Gasteiger partial charge in [0, 0.05) is 25.6 Å². The number of hydrogen-bond acceptors (Lipinski definition) is 4. The first-order valence-corrected chi connectivity index (χ1v) is 8.04. The number of rotatable bonds is 7. The average molecular weight is 335 g/mol. The molecule has 0 aliphatic heterocycles. The molecule has 2 unspecified atom stereocenters. The van der Waals surface area contributed by atoms with Crippen LogP contribution in [0.3, 0.4) is 0 Å². The van der Waals surface area contributed by atoms with E-state index in [2.05, 4.69) is 18.6 Å². The van der Waals surface area contributed by atoms with E-state index in [0.29, 0.717) is 31.3 Å². The lowest BCUT2D eigenvalue weighted by molar-refractivity contribution is -0.142. The minimum absolute atomic E-state index is 0. The van der Waals surface area contributed by atoms with E-state index in [9.17, 15) is 9.59 Å². The molecule has 22 heavy (non-hydrogen) atoms. The third-order valence-electron chi connectivity index (χ3n) is 4.16. The average Bonchev–Trinajstić information content (AvgIpc) is 2.45. The standard InChI is InChI=1S/C16H30N2O3.ClH/c1-12(2)11-18(9-8-16(20)21-3)15(19)10-13-6-4-5-7-14(13)17;/h12-14H,4-11,17H2,1-3H3;1H. The molecule has 0 heterocycles. The normalized spacial score (nSPS) is 21.1. The number of halogens is 1. The lowest BCUT2D eigenvalue weighted by Crippen LogP contribution is -2.41. The van der Waals surface area contributed by atoms with Gasteiger partial charge in [-0.15, -0.1) is 12.4 Å². The van der Waals surface area contributed by atoms with Crippen LogP contribution in [-0.4, -0.2) is 43.0 Å². The Morgan fingerprint density at radius 2 is 1.91 bits per heavy atom. The van der Waals surface area contributed by atoms with Gasteiger partial charge in [0.2, 0.25) is 5.91 Å². The molecule has 0 bridgehead atoms. The molecule has 130 valence electrons. The summed E-state index contributed by atoms with van der Waals surface area (Å²) in [5, 5.41) is 0. The van der Waals surface area contributed by atoms with Crippen LogP contribution >= 0.6 is 12.4 Å². The maximum absolute atomic E-state index is 12.5. The molecule has 6 heteroatoms. The van der Waals surface area contributed by atoms with Gasteiger partial charge in [0.05, 0.1) is 13.5 Å². The monoisotopic (exact) mass is 334 g/mol. The highest BCUT2D eigenvalue weighted by Crippen LogP contribution is 2.26. The van der Waals surface area contributed by atoms with Crippen LogP contribution in [0, 0.1) is 11.8 Å². The molecular formula is C16H31ClN2O3. The maximum atomic E-state index is 12.5. The summed E-state index contributed by atoms with van der Waals surface area (Å²) in [6, 6.07) is 0.143. The van der Waals surface area contributed by atoms with E-state index in [-0.39, 0.29) is 36.7 Å². The van der Waals surface area contributed by atoms with Gasteiger partial charge in [0.15, 0.2) is 0 Å². The quantitative estimate of drug-likeness (QED) is 0.725. The van der Waals surface area contributed by atoms with Gasteiger partial charge in [-0.1, -0.05) is 26.7 Å². The number of carbonyl (C=O) groups excluding carboxylic acids is 2. The minimum atomic E-state index is -0.272. The van der Waals surface area contributed by atoms with Crippen molar-refractivity contribution in [3.05, 3.63) is 0 Å². The first kappa shape index (κ1) is 21.2. The fraction of sp³-hybridized carbons (Fsp3) is 0.875. The molecule has 1 saturated carbocycles. The van der Waals surface area contributed by atoms with Crippen LogP contribution in [0.15, 0.2) is 0 Å². The second-order valence-corrected chi connectivity index (χ2v) is 6.47. The van der Waals surface area contributed by atoms with Crippen molar-refractivity contribution in [3.8, 4) is 0 Å². The van der Waals surface area contributed by atoms with Gasteiger partial charge >= 0.3 is 5.97 Å². The molecular weight excluding hydrogens is 304 g/mol. The van der Waals surface area contributed by atoms with Crippen LogP contribution in [0.1, 0.15) is 52.4 Å². The number of nitrogens with two attached hydrogens (primary N) is 1. The Balaban J connectivity index is 0.00000441. The number of ether oxygens (including phenoxy) is 1. The van der Waals surface area contributed by atoms with E-state index in [1.54, 1.807) is 4.90 Å². The smallest absolute Gasteiger partial charge is 0.307 e. The molecule has 0 saturated heterocycles. The predicted molar refractivity (Wildman–Crippen MR) is 89.8 cm³/mol. The van der Waals surface area contributed by atoms with Gasteiger partial charge in [-0.2, -0.15) is 0 Å². The van der Waals surface area contributed by atoms with Crippen LogP contribution < -0.4 is 5.73 Å². The van der Waals surface area contributed by atoms with Crippen LogP contribution in [0.25, 0.3) is 0 Å². The molecule has 1 aliphatic rings. The largest absolute Gasteiger partial charge is 0.469 e. The van der Waals surface area contributed by atoms with Gasteiger partial charge in [-0.3, -0.25) is 9.59 Å². The summed E-state index contributed by atoms with van der Waals surface area (Å²) in [5.74, 6) is 0.520. The van der Waals surface area contributed by atoms with Crippen molar-refractivity contribution in [2.75, 3.05) is 20.2 Å². The molecule has 0 aromatic rings. The second kappa shape index (κ2) is 10.8. The van der Waals surface area contributed by atoms with Crippen molar-refractivity contribution in [1.82, 2.24) is 4.90 Å². The topological polar surface area (TPSA) is 72.6 Å². The zero-order valence-corrected chi connectivity index (χ0v) is 14.9. The molecule has 2 atom stereocenters. The van der Waals surface area contributed by atoms with Gasteiger partial charge < -0.3 is 15.4 Å². The van der Waals surface area contributed by atoms with Crippen LogP contribution in [0.5, 0.6) is 0 Å². The first-order chi connectivity index (χ1) is 9.93. The highest BCUT2D eigenvalue weighted by molar-refractivity contribution is 5.85. The lowest BCUT2D eigenvalue weighted by atomic mass is 9.82. The predicted octanol–water partition coefficient (Wildman–Crippen LogP) is 2.36. The summed E-state index contributed by atoms with van der Waals surface area (Å²) in [7, 11) is 1.37. The SMILES string of the molecule is COC(=O)CCN(CC(C)C)C(=O)CC1CCCCC1N.Cl. The zero-order valence-electron chi connectivity index (χ0n) is 14.0. The van der Waals surface area contributed by atoms with Crippen molar-refractivity contribution in [1.29, 1.82) is 0 Å². The number of nitrogens with zero attached hydrogens (tertiary/aromatic N) is 1. The van der Waals surface area contributed by atoms with E-state index >= 15 is 0 Å². The molecule has 2 N–H and O–H groups in total. The van der Waals surface area contributed by atoms with E-state index in [1.165, 1.54) is 13.5 Å².